The third-order valence-electron chi connectivity index (χ3n) is 2.17. The highest BCUT2D eigenvalue weighted by Crippen LogP contribution is 2.18. The molecule has 0 aromatic carbocycles. The van der Waals surface area contributed by atoms with Crippen molar-refractivity contribution in [1.82, 2.24) is 9.97 Å². The summed E-state index contributed by atoms with van der Waals surface area (Å²) < 4.78 is 4.82. The van der Waals surface area contributed by atoms with Crippen molar-refractivity contribution in [3.63, 3.8) is 0 Å². The minimum Gasteiger partial charge on any atom is -0.462 e. The Labute approximate surface area is 110 Å². The van der Waals surface area contributed by atoms with Crippen LogP contribution in [0.5, 0.6) is 0 Å². The van der Waals surface area contributed by atoms with Gasteiger partial charge >= 0.3 is 5.97 Å². The van der Waals surface area contributed by atoms with E-state index in [1.54, 1.807) is 6.92 Å². The van der Waals surface area contributed by atoms with Crippen molar-refractivity contribution in [3.8, 4) is 0 Å². The maximum absolute atomic E-state index is 11.5. The number of thioether (sulfide) groups is 1. The molecular weight excluding hydrogens is 254 g/mol. The molecule has 0 fully saturated rings. The van der Waals surface area contributed by atoms with Gasteiger partial charge in [-0.2, -0.15) is 0 Å². The fraction of sp³-hybridized carbons (Fsp3) is 0.545. The zero-order chi connectivity index (χ0) is 13.5. The molecule has 0 radical (unpaired) electrons. The molecule has 0 saturated heterocycles. The Morgan fingerprint density at radius 3 is 2.89 bits per heavy atom. The molecule has 1 unspecified atom stereocenters. The molecular formula is C11H17N3O3S. The van der Waals surface area contributed by atoms with Gasteiger partial charge in [0.2, 0.25) is 0 Å². The second-order valence-electron chi connectivity index (χ2n) is 3.55. The lowest BCUT2D eigenvalue weighted by Crippen LogP contribution is -2.12. The minimum atomic E-state index is -0.528. The van der Waals surface area contributed by atoms with Crippen LogP contribution in [0.2, 0.25) is 0 Å². The number of carbonyl (C=O) groups is 1. The van der Waals surface area contributed by atoms with Crippen LogP contribution in [0.25, 0.3) is 0 Å². The van der Waals surface area contributed by atoms with E-state index < -0.39 is 12.1 Å². The third kappa shape index (κ3) is 4.15. The third-order valence-corrected chi connectivity index (χ3v) is 3.17. The second-order valence-corrected chi connectivity index (χ2v) is 4.53. The summed E-state index contributed by atoms with van der Waals surface area (Å²) in [6.45, 7) is 3.88. The summed E-state index contributed by atoms with van der Waals surface area (Å²) in [6.07, 6.45) is 1.62. The van der Waals surface area contributed by atoms with Gasteiger partial charge in [-0.25, -0.2) is 14.8 Å². The lowest BCUT2D eigenvalue weighted by atomic mass is 10.3. The van der Waals surface area contributed by atoms with Gasteiger partial charge in [0.15, 0.2) is 5.16 Å². The van der Waals surface area contributed by atoms with E-state index in [-0.39, 0.29) is 18.0 Å². The van der Waals surface area contributed by atoms with E-state index in [0.29, 0.717) is 17.3 Å². The van der Waals surface area contributed by atoms with Crippen LogP contribution in [-0.4, -0.2) is 39.5 Å². The first-order valence-electron chi connectivity index (χ1n) is 5.69. The maximum Gasteiger partial charge on any atom is 0.343 e. The molecule has 0 aliphatic heterocycles. The van der Waals surface area contributed by atoms with Crippen molar-refractivity contribution in [2.24, 2.45) is 0 Å². The summed E-state index contributed by atoms with van der Waals surface area (Å²) in [6, 6.07) is 0. The van der Waals surface area contributed by atoms with Gasteiger partial charge < -0.3 is 15.6 Å². The number of anilines is 1. The number of nitrogens with two attached hydrogens (primary N) is 1. The average Bonchev–Trinajstić information content (AvgIpc) is 2.36. The van der Waals surface area contributed by atoms with E-state index in [2.05, 4.69) is 9.97 Å². The number of esters is 1. The summed E-state index contributed by atoms with van der Waals surface area (Å²) in [4.78, 5) is 19.5. The van der Waals surface area contributed by atoms with Crippen LogP contribution in [0.1, 0.15) is 30.6 Å². The monoisotopic (exact) mass is 271 g/mol. The predicted octanol–water partition coefficient (Wildman–Crippen LogP) is 1.10. The normalized spacial score (nSPS) is 12.2. The number of hydrogen-bond donors (Lipinski definition) is 2. The topological polar surface area (TPSA) is 98.3 Å². The quantitative estimate of drug-likeness (QED) is 0.454. The van der Waals surface area contributed by atoms with Gasteiger partial charge in [-0.1, -0.05) is 18.7 Å². The highest BCUT2D eigenvalue weighted by atomic mass is 32.2. The van der Waals surface area contributed by atoms with Gasteiger partial charge in [0.25, 0.3) is 0 Å². The first kappa shape index (κ1) is 14.7. The average molecular weight is 271 g/mol. The number of ether oxygens (including phenoxy) is 1. The van der Waals surface area contributed by atoms with Crippen molar-refractivity contribution in [2.75, 3.05) is 18.1 Å². The van der Waals surface area contributed by atoms with Crippen LogP contribution >= 0.6 is 11.8 Å². The summed E-state index contributed by atoms with van der Waals surface area (Å²) in [7, 11) is 0. The molecule has 1 aromatic heterocycles. The van der Waals surface area contributed by atoms with Crippen molar-refractivity contribution in [2.45, 2.75) is 31.5 Å². The molecule has 100 valence electrons. The molecule has 1 rings (SSSR count). The summed E-state index contributed by atoms with van der Waals surface area (Å²) in [5.41, 5.74) is 5.83. The zero-order valence-corrected chi connectivity index (χ0v) is 11.2. The van der Waals surface area contributed by atoms with Crippen LogP contribution in [0.15, 0.2) is 11.4 Å². The van der Waals surface area contributed by atoms with Gasteiger partial charge in [0, 0.05) is 11.9 Å². The van der Waals surface area contributed by atoms with Gasteiger partial charge in [0.05, 0.1) is 12.7 Å². The van der Waals surface area contributed by atoms with E-state index in [1.807, 2.05) is 6.92 Å². The van der Waals surface area contributed by atoms with Crippen LogP contribution < -0.4 is 5.73 Å². The number of nitrogens with zero attached hydrogens (tertiary/aromatic N) is 2. The fourth-order valence-electron chi connectivity index (χ4n) is 1.10. The molecule has 0 bridgehead atoms. The van der Waals surface area contributed by atoms with Gasteiger partial charge in [-0.15, -0.1) is 0 Å². The summed E-state index contributed by atoms with van der Waals surface area (Å²) >= 11 is 1.30. The predicted molar refractivity (Wildman–Crippen MR) is 69.4 cm³/mol. The first-order valence-corrected chi connectivity index (χ1v) is 6.67. The molecule has 3 N–H and O–H groups in total. The Balaban J connectivity index is 2.70. The van der Waals surface area contributed by atoms with Crippen molar-refractivity contribution < 1.29 is 14.6 Å². The van der Waals surface area contributed by atoms with E-state index in [1.165, 1.54) is 18.0 Å². The highest BCUT2D eigenvalue weighted by Gasteiger charge is 2.14. The minimum absolute atomic E-state index is 0.0944. The van der Waals surface area contributed by atoms with Gasteiger partial charge in [-0.3, -0.25) is 0 Å². The molecule has 0 spiro atoms. The van der Waals surface area contributed by atoms with Crippen LogP contribution in [0.4, 0.5) is 5.82 Å². The van der Waals surface area contributed by atoms with Crippen molar-refractivity contribution in [3.05, 3.63) is 11.8 Å². The van der Waals surface area contributed by atoms with Crippen molar-refractivity contribution >= 4 is 23.5 Å². The van der Waals surface area contributed by atoms with Gasteiger partial charge in [-0.05, 0) is 13.3 Å². The van der Waals surface area contributed by atoms with E-state index in [4.69, 9.17) is 10.5 Å². The number of aliphatic hydroxyl groups excluding tert-OH is 1. The first-order chi connectivity index (χ1) is 8.58. The Hall–Kier alpha value is -1.34. The Kier molecular flexibility index (Phi) is 5.87. The van der Waals surface area contributed by atoms with Crippen molar-refractivity contribution in [1.29, 1.82) is 0 Å². The zero-order valence-electron chi connectivity index (χ0n) is 10.4. The molecule has 7 heteroatoms. The lowest BCUT2D eigenvalue weighted by molar-refractivity contribution is 0.0526. The van der Waals surface area contributed by atoms with E-state index >= 15 is 0 Å². The van der Waals surface area contributed by atoms with Crippen LogP contribution in [-0.2, 0) is 4.74 Å². The Morgan fingerprint density at radius 2 is 2.33 bits per heavy atom. The van der Waals surface area contributed by atoms with Crippen LogP contribution in [0.3, 0.4) is 0 Å². The second kappa shape index (κ2) is 7.17. The molecule has 6 nitrogen and oxygen atoms in total. The summed E-state index contributed by atoms with van der Waals surface area (Å²) in [5, 5.41) is 9.86. The maximum atomic E-state index is 11.5. The SMILES string of the molecule is CCOC(=O)c1cnc(SCC(O)CC)nc1N. The van der Waals surface area contributed by atoms with Gasteiger partial charge in [0.1, 0.15) is 11.4 Å². The molecule has 1 aromatic rings. The van der Waals surface area contributed by atoms with Crippen LogP contribution in [0, 0.1) is 0 Å². The van der Waals surface area contributed by atoms with E-state index in [0.717, 1.165) is 0 Å². The number of aliphatic hydroxyl groups is 1. The van der Waals surface area contributed by atoms with E-state index in [9.17, 15) is 9.90 Å². The molecule has 0 aliphatic rings. The molecule has 0 saturated carbocycles. The Bertz CT molecular complexity index is 415. The number of nitrogen functional groups attached to an aromatic ring is 1. The smallest absolute Gasteiger partial charge is 0.343 e. The Morgan fingerprint density at radius 1 is 1.61 bits per heavy atom. The standard InChI is InChI=1S/C11H17N3O3S/c1-3-7(15)6-18-11-13-5-8(9(12)14-11)10(16)17-4-2/h5,7,15H,3-4,6H2,1-2H3,(H2,12,13,14). The number of hydrogen-bond acceptors (Lipinski definition) is 7. The number of rotatable bonds is 6. The number of aromatic nitrogens is 2. The number of carbonyl (C=O) groups excluding carboxylic acids is 1. The lowest BCUT2D eigenvalue weighted by Gasteiger charge is -2.08. The molecule has 0 amide bonds. The molecule has 1 heterocycles. The highest BCUT2D eigenvalue weighted by molar-refractivity contribution is 7.99. The molecule has 0 aliphatic carbocycles. The molecule has 18 heavy (non-hydrogen) atoms. The largest absolute Gasteiger partial charge is 0.462 e. The molecule has 1 atom stereocenters. The summed E-state index contributed by atoms with van der Waals surface area (Å²) in [5.74, 6) is 0.0615. The fourth-order valence-corrected chi connectivity index (χ4v) is 1.97.